The summed E-state index contributed by atoms with van der Waals surface area (Å²) in [6, 6.07) is 1.77. The van der Waals surface area contributed by atoms with Crippen molar-refractivity contribution in [2.75, 3.05) is 12.4 Å². The molecular weight excluding hydrogens is 242 g/mol. The second-order valence-electron chi connectivity index (χ2n) is 3.70. The van der Waals surface area contributed by atoms with Crippen molar-refractivity contribution in [3.05, 3.63) is 35.1 Å². The number of nitrogens with zero attached hydrogens (tertiary/aromatic N) is 3. The molecule has 6 nitrogen and oxygen atoms in total. The number of imidazole rings is 1. The molecule has 0 radical (unpaired) electrons. The number of aliphatic hydroxyl groups excluding tert-OH is 1. The van der Waals surface area contributed by atoms with Gasteiger partial charge in [0.05, 0.1) is 6.61 Å². The topological polar surface area (TPSA) is 68.8 Å². The summed E-state index contributed by atoms with van der Waals surface area (Å²) in [6.45, 7) is -0.0385. The molecule has 2 atom stereocenters. The third-order valence-corrected chi connectivity index (χ3v) is 3.78. The highest BCUT2D eigenvalue weighted by Crippen LogP contribution is 2.30. The summed E-state index contributed by atoms with van der Waals surface area (Å²) in [4.78, 5) is 16.1. The summed E-state index contributed by atoms with van der Waals surface area (Å²) in [7, 11) is 0. The van der Waals surface area contributed by atoms with E-state index >= 15 is 0 Å². The van der Waals surface area contributed by atoms with Gasteiger partial charge in [-0.05, 0) is 6.07 Å². The van der Waals surface area contributed by atoms with Crippen LogP contribution in [0.25, 0.3) is 5.65 Å². The molecule has 90 valence electrons. The van der Waals surface area contributed by atoms with Crippen LogP contribution in [0.2, 0.25) is 0 Å². The number of fused-ring (bicyclic) bond motifs is 1. The normalized spacial score (nSPS) is 24.5. The zero-order valence-electron chi connectivity index (χ0n) is 8.89. The molecule has 3 heterocycles. The SMILES string of the molecule is O=c1n(C2CSC(CO)O2)ccc2nccn12. The Morgan fingerprint density at radius 2 is 2.47 bits per heavy atom. The molecule has 7 heteroatoms. The average Bonchev–Trinajstić information content (AvgIpc) is 2.97. The highest BCUT2D eigenvalue weighted by atomic mass is 32.2. The minimum absolute atomic E-state index is 0.0385. The lowest BCUT2D eigenvalue weighted by Crippen LogP contribution is -2.30. The Labute approximate surface area is 101 Å². The van der Waals surface area contributed by atoms with Gasteiger partial charge in [0.1, 0.15) is 17.3 Å². The Kier molecular flexibility index (Phi) is 2.65. The maximum atomic E-state index is 12.1. The zero-order valence-corrected chi connectivity index (χ0v) is 9.71. The fraction of sp³-hybridized carbons (Fsp3) is 0.400. The van der Waals surface area contributed by atoms with E-state index in [2.05, 4.69) is 4.98 Å². The maximum absolute atomic E-state index is 12.1. The van der Waals surface area contributed by atoms with E-state index in [1.807, 2.05) is 0 Å². The van der Waals surface area contributed by atoms with Crippen molar-refractivity contribution in [2.45, 2.75) is 11.7 Å². The van der Waals surface area contributed by atoms with E-state index in [9.17, 15) is 4.79 Å². The Bertz CT molecular complexity index is 594. The summed E-state index contributed by atoms with van der Waals surface area (Å²) < 4.78 is 8.54. The van der Waals surface area contributed by atoms with E-state index < -0.39 is 0 Å². The first-order chi connectivity index (χ1) is 8.29. The number of hydrogen-bond acceptors (Lipinski definition) is 5. The number of ether oxygens (including phenoxy) is 1. The van der Waals surface area contributed by atoms with Crippen LogP contribution < -0.4 is 5.69 Å². The number of thioether (sulfide) groups is 1. The first-order valence-electron chi connectivity index (χ1n) is 5.22. The molecule has 2 unspecified atom stereocenters. The van der Waals surface area contributed by atoms with Gasteiger partial charge in [0.2, 0.25) is 0 Å². The van der Waals surface area contributed by atoms with Crippen molar-refractivity contribution in [1.82, 2.24) is 14.0 Å². The molecule has 0 amide bonds. The van der Waals surface area contributed by atoms with Crippen LogP contribution in [0.3, 0.4) is 0 Å². The highest BCUT2D eigenvalue weighted by Gasteiger charge is 2.27. The lowest BCUT2D eigenvalue weighted by atomic mass is 10.5. The van der Waals surface area contributed by atoms with Crippen molar-refractivity contribution in [1.29, 1.82) is 0 Å². The number of hydrogen-bond donors (Lipinski definition) is 1. The van der Waals surface area contributed by atoms with Gasteiger partial charge in [-0.25, -0.2) is 9.78 Å². The quantitative estimate of drug-likeness (QED) is 0.820. The molecule has 3 rings (SSSR count). The second-order valence-corrected chi connectivity index (χ2v) is 4.89. The molecule has 0 spiro atoms. The van der Waals surface area contributed by atoms with E-state index in [1.165, 1.54) is 20.7 Å². The lowest BCUT2D eigenvalue weighted by molar-refractivity contribution is -0.00647. The van der Waals surface area contributed by atoms with Gasteiger partial charge in [0.15, 0.2) is 0 Å². The summed E-state index contributed by atoms with van der Waals surface area (Å²) in [5, 5.41) is 8.99. The molecular formula is C10H11N3O3S. The average molecular weight is 253 g/mol. The molecule has 1 saturated heterocycles. The monoisotopic (exact) mass is 253 g/mol. The number of rotatable bonds is 2. The highest BCUT2D eigenvalue weighted by molar-refractivity contribution is 8.00. The molecule has 17 heavy (non-hydrogen) atoms. The minimum Gasteiger partial charge on any atom is -0.393 e. The fourth-order valence-electron chi connectivity index (χ4n) is 1.84. The standard InChI is InChI=1S/C10H11N3O3S/c14-5-9-16-8(6-17-9)13-3-1-7-11-2-4-12(7)10(13)15/h1-4,8-9,14H,5-6H2. The second kappa shape index (κ2) is 4.17. The molecule has 2 aromatic heterocycles. The van der Waals surface area contributed by atoms with Gasteiger partial charge >= 0.3 is 5.69 Å². The van der Waals surface area contributed by atoms with Crippen LogP contribution in [0.4, 0.5) is 0 Å². The van der Waals surface area contributed by atoms with Gasteiger partial charge in [0.25, 0.3) is 0 Å². The van der Waals surface area contributed by atoms with Crippen LogP contribution in [0.1, 0.15) is 6.23 Å². The van der Waals surface area contributed by atoms with E-state index in [0.717, 1.165) is 0 Å². The Morgan fingerprint density at radius 3 is 3.24 bits per heavy atom. The van der Waals surface area contributed by atoms with E-state index in [4.69, 9.17) is 9.84 Å². The minimum atomic E-state index is -0.323. The molecule has 1 aliphatic heterocycles. The fourth-order valence-corrected chi connectivity index (χ4v) is 2.77. The Balaban J connectivity index is 2.01. The van der Waals surface area contributed by atoms with E-state index in [-0.39, 0.29) is 24.0 Å². The predicted octanol–water partition coefficient (Wildman–Crippen LogP) is 0.0764. The first kappa shape index (κ1) is 10.8. The summed E-state index contributed by atoms with van der Waals surface area (Å²) >= 11 is 1.50. The molecule has 2 aromatic rings. The van der Waals surface area contributed by atoms with Crippen molar-refractivity contribution < 1.29 is 9.84 Å². The van der Waals surface area contributed by atoms with Crippen molar-refractivity contribution in [2.24, 2.45) is 0 Å². The molecule has 0 aromatic carbocycles. The van der Waals surface area contributed by atoms with Crippen LogP contribution in [-0.2, 0) is 4.74 Å². The molecule has 0 saturated carbocycles. The zero-order chi connectivity index (χ0) is 11.8. The first-order valence-corrected chi connectivity index (χ1v) is 6.26. The maximum Gasteiger partial charge on any atom is 0.336 e. The van der Waals surface area contributed by atoms with Crippen molar-refractivity contribution in [3.63, 3.8) is 0 Å². The molecule has 1 N–H and O–H groups in total. The van der Waals surface area contributed by atoms with Crippen LogP contribution >= 0.6 is 11.8 Å². The van der Waals surface area contributed by atoms with Crippen LogP contribution in [0.5, 0.6) is 0 Å². The third kappa shape index (κ3) is 1.76. The third-order valence-electron chi connectivity index (χ3n) is 2.67. The van der Waals surface area contributed by atoms with Crippen molar-refractivity contribution >= 4 is 17.4 Å². The van der Waals surface area contributed by atoms with Gasteiger partial charge in [0, 0.05) is 24.3 Å². The molecule has 0 bridgehead atoms. The van der Waals surface area contributed by atoms with E-state index in [1.54, 1.807) is 24.7 Å². The lowest BCUT2D eigenvalue weighted by Gasteiger charge is -2.13. The Morgan fingerprint density at radius 1 is 1.59 bits per heavy atom. The van der Waals surface area contributed by atoms with Gasteiger partial charge in [-0.3, -0.25) is 8.97 Å². The summed E-state index contributed by atoms with van der Waals surface area (Å²) in [6.07, 6.45) is 4.56. The largest absolute Gasteiger partial charge is 0.393 e. The van der Waals surface area contributed by atoms with E-state index in [0.29, 0.717) is 11.4 Å². The van der Waals surface area contributed by atoms with Crippen LogP contribution in [-0.4, -0.2) is 36.9 Å². The molecule has 1 fully saturated rings. The van der Waals surface area contributed by atoms with Crippen molar-refractivity contribution in [3.8, 4) is 0 Å². The molecule has 1 aliphatic rings. The van der Waals surface area contributed by atoms with Gasteiger partial charge in [-0.1, -0.05) is 0 Å². The Hall–Kier alpha value is -1.31. The smallest absolute Gasteiger partial charge is 0.336 e. The number of aromatic nitrogens is 3. The predicted molar refractivity (Wildman–Crippen MR) is 62.9 cm³/mol. The van der Waals surface area contributed by atoms with Gasteiger partial charge < -0.3 is 9.84 Å². The van der Waals surface area contributed by atoms with Crippen LogP contribution in [0, 0.1) is 0 Å². The summed E-state index contributed by atoms with van der Waals surface area (Å²) in [5.74, 6) is 0.658. The van der Waals surface area contributed by atoms with Gasteiger partial charge in [-0.15, -0.1) is 11.8 Å². The molecule has 0 aliphatic carbocycles. The number of aliphatic hydroxyl groups is 1. The summed E-state index contributed by atoms with van der Waals surface area (Å²) in [5.41, 5.74) is 0.199. The van der Waals surface area contributed by atoms with Gasteiger partial charge in [-0.2, -0.15) is 0 Å². The van der Waals surface area contributed by atoms with Crippen LogP contribution in [0.15, 0.2) is 29.5 Å².